The summed E-state index contributed by atoms with van der Waals surface area (Å²) in [5.74, 6) is 1.09. The molecule has 0 amide bonds. The number of nitrogens with one attached hydrogen (secondary N) is 1. The SMILES string of the molecule is c1coc(CN2CCC(NC3CC3)C2)c1. The predicted molar refractivity (Wildman–Crippen MR) is 58.5 cm³/mol. The molecule has 1 N–H and O–H groups in total. The minimum atomic E-state index is 0.715. The summed E-state index contributed by atoms with van der Waals surface area (Å²) in [4.78, 5) is 2.47. The zero-order chi connectivity index (χ0) is 10.1. The largest absolute Gasteiger partial charge is 0.468 e. The van der Waals surface area contributed by atoms with E-state index in [1.54, 1.807) is 6.26 Å². The molecular formula is C12H18N2O. The third-order valence-electron chi connectivity index (χ3n) is 3.28. The quantitative estimate of drug-likeness (QED) is 0.811. The molecule has 1 unspecified atom stereocenters. The predicted octanol–water partition coefficient (Wildman–Crippen LogP) is 1.61. The Morgan fingerprint density at radius 3 is 3.00 bits per heavy atom. The smallest absolute Gasteiger partial charge is 0.117 e. The van der Waals surface area contributed by atoms with Crippen molar-refractivity contribution in [1.82, 2.24) is 10.2 Å². The lowest BCUT2D eigenvalue weighted by atomic mass is 10.2. The monoisotopic (exact) mass is 206 g/mol. The van der Waals surface area contributed by atoms with Gasteiger partial charge in [-0.1, -0.05) is 0 Å². The van der Waals surface area contributed by atoms with Crippen LogP contribution >= 0.6 is 0 Å². The molecule has 1 aromatic heterocycles. The van der Waals surface area contributed by atoms with Crippen molar-refractivity contribution in [2.45, 2.75) is 37.9 Å². The van der Waals surface area contributed by atoms with Crippen LogP contribution in [0.5, 0.6) is 0 Å². The number of hydrogen-bond donors (Lipinski definition) is 1. The molecule has 1 aliphatic heterocycles. The Kier molecular flexibility index (Phi) is 2.51. The van der Waals surface area contributed by atoms with Gasteiger partial charge in [0.15, 0.2) is 0 Å². The van der Waals surface area contributed by atoms with Gasteiger partial charge in [-0.3, -0.25) is 4.90 Å². The molecule has 1 saturated heterocycles. The van der Waals surface area contributed by atoms with Gasteiger partial charge in [0.05, 0.1) is 12.8 Å². The molecular weight excluding hydrogens is 188 g/mol. The number of furan rings is 1. The maximum atomic E-state index is 5.36. The topological polar surface area (TPSA) is 28.4 Å². The van der Waals surface area contributed by atoms with E-state index in [-0.39, 0.29) is 0 Å². The van der Waals surface area contributed by atoms with Crippen LogP contribution in [-0.2, 0) is 6.54 Å². The Morgan fingerprint density at radius 1 is 1.33 bits per heavy atom. The summed E-state index contributed by atoms with van der Waals surface area (Å²) in [5, 5.41) is 3.69. The normalized spacial score (nSPS) is 27.3. The standard InChI is InChI=1S/C12H18N2O/c1-2-12(15-7-1)9-14-6-5-11(8-14)13-10-3-4-10/h1-2,7,10-11,13H,3-6,8-9H2. The van der Waals surface area contributed by atoms with Crippen LogP contribution in [0.4, 0.5) is 0 Å². The molecule has 0 aromatic carbocycles. The molecule has 15 heavy (non-hydrogen) atoms. The molecule has 2 heterocycles. The molecule has 0 bridgehead atoms. The van der Waals surface area contributed by atoms with Crippen LogP contribution in [0.25, 0.3) is 0 Å². The third kappa shape index (κ3) is 2.41. The second-order valence-corrected chi connectivity index (χ2v) is 4.74. The van der Waals surface area contributed by atoms with E-state index in [1.807, 2.05) is 6.07 Å². The molecule has 0 spiro atoms. The molecule has 3 nitrogen and oxygen atoms in total. The van der Waals surface area contributed by atoms with Crippen molar-refractivity contribution < 1.29 is 4.42 Å². The highest BCUT2D eigenvalue weighted by Crippen LogP contribution is 2.22. The highest BCUT2D eigenvalue weighted by atomic mass is 16.3. The van der Waals surface area contributed by atoms with E-state index in [1.165, 1.54) is 32.4 Å². The summed E-state index contributed by atoms with van der Waals surface area (Å²) < 4.78 is 5.36. The highest BCUT2D eigenvalue weighted by molar-refractivity contribution is 4.99. The van der Waals surface area contributed by atoms with Gasteiger partial charge in [0.25, 0.3) is 0 Å². The summed E-state index contributed by atoms with van der Waals surface area (Å²) in [5.41, 5.74) is 0. The van der Waals surface area contributed by atoms with E-state index < -0.39 is 0 Å². The van der Waals surface area contributed by atoms with Crippen molar-refractivity contribution in [1.29, 1.82) is 0 Å². The Labute approximate surface area is 90.4 Å². The first kappa shape index (κ1) is 9.43. The zero-order valence-corrected chi connectivity index (χ0v) is 8.98. The second-order valence-electron chi connectivity index (χ2n) is 4.74. The Hall–Kier alpha value is -0.800. The summed E-state index contributed by atoms with van der Waals surface area (Å²) >= 11 is 0. The van der Waals surface area contributed by atoms with Crippen LogP contribution in [0.3, 0.4) is 0 Å². The molecule has 82 valence electrons. The van der Waals surface area contributed by atoms with Gasteiger partial charge in [0.2, 0.25) is 0 Å². The van der Waals surface area contributed by atoms with E-state index in [4.69, 9.17) is 4.42 Å². The molecule has 1 atom stereocenters. The maximum Gasteiger partial charge on any atom is 0.117 e. The van der Waals surface area contributed by atoms with Gasteiger partial charge in [0, 0.05) is 25.2 Å². The van der Waals surface area contributed by atoms with Crippen molar-refractivity contribution in [3.05, 3.63) is 24.2 Å². The van der Waals surface area contributed by atoms with Crippen LogP contribution in [0.1, 0.15) is 25.0 Å². The van der Waals surface area contributed by atoms with Gasteiger partial charge >= 0.3 is 0 Å². The van der Waals surface area contributed by atoms with Gasteiger partial charge in [-0.15, -0.1) is 0 Å². The fourth-order valence-electron chi connectivity index (χ4n) is 2.32. The van der Waals surface area contributed by atoms with Gasteiger partial charge < -0.3 is 9.73 Å². The molecule has 0 radical (unpaired) electrons. The van der Waals surface area contributed by atoms with Gasteiger partial charge in [-0.2, -0.15) is 0 Å². The van der Waals surface area contributed by atoms with E-state index in [2.05, 4.69) is 16.3 Å². The molecule has 3 rings (SSSR count). The minimum absolute atomic E-state index is 0.715. The minimum Gasteiger partial charge on any atom is -0.468 e. The highest BCUT2D eigenvalue weighted by Gasteiger charge is 2.29. The molecule has 3 heteroatoms. The molecule has 1 aliphatic carbocycles. The van der Waals surface area contributed by atoms with Crippen molar-refractivity contribution in [2.24, 2.45) is 0 Å². The van der Waals surface area contributed by atoms with Crippen molar-refractivity contribution in [2.75, 3.05) is 13.1 Å². The van der Waals surface area contributed by atoms with Crippen molar-refractivity contribution in [3.63, 3.8) is 0 Å². The Morgan fingerprint density at radius 2 is 2.27 bits per heavy atom. The molecule has 1 saturated carbocycles. The summed E-state index contributed by atoms with van der Waals surface area (Å²) in [6.07, 6.45) is 5.81. The molecule has 2 aliphatic rings. The van der Waals surface area contributed by atoms with Crippen LogP contribution in [0, 0.1) is 0 Å². The maximum absolute atomic E-state index is 5.36. The summed E-state index contributed by atoms with van der Waals surface area (Å²) in [7, 11) is 0. The second kappa shape index (κ2) is 3.99. The lowest BCUT2D eigenvalue weighted by Gasteiger charge is -2.15. The van der Waals surface area contributed by atoms with Gasteiger partial charge in [-0.05, 0) is 31.4 Å². The van der Waals surface area contributed by atoms with E-state index in [0.29, 0.717) is 6.04 Å². The Balaban J connectivity index is 1.48. The zero-order valence-electron chi connectivity index (χ0n) is 8.98. The Bertz CT molecular complexity index is 305. The van der Waals surface area contributed by atoms with E-state index in [9.17, 15) is 0 Å². The van der Waals surface area contributed by atoms with Gasteiger partial charge in [-0.25, -0.2) is 0 Å². The van der Waals surface area contributed by atoms with Gasteiger partial charge in [0.1, 0.15) is 5.76 Å². The number of rotatable bonds is 4. The average molecular weight is 206 g/mol. The number of hydrogen-bond acceptors (Lipinski definition) is 3. The summed E-state index contributed by atoms with van der Waals surface area (Å²) in [6.45, 7) is 3.35. The van der Waals surface area contributed by atoms with E-state index >= 15 is 0 Å². The third-order valence-corrected chi connectivity index (χ3v) is 3.28. The lowest BCUT2D eigenvalue weighted by Crippen LogP contribution is -2.33. The first-order chi connectivity index (χ1) is 7.40. The van der Waals surface area contributed by atoms with Crippen LogP contribution in [0.15, 0.2) is 22.8 Å². The number of likely N-dealkylation sites (tertiary alicyclic amines) is 1. The fourth-order valence-corrected chi connectivity index (χ4v) is 2.32. The van der Waals surface area contributed by atoms with Crippen molar-refractivity contribution in [3.8, 4) is 0 Å². The van der Waals surface area contributed by atoms with Crippen LogP contribution in [0.2, 0.25) is 0 Å². The van der Waals surface area contributed by atoms with E-state index in [0.717, 1.165) is 18.3 Å². The molecule has 1 aromatic rings. The summed E-state index contributed by atoms with van der Waals surface area (Å²) in [6, 6.07) is 5.57. The first-order valence-electron chi connectivity index (χ1n) is 5.91. The molecule has 2 fully saturated rings. The van der Waals surface area contributed by atoms with Crippen molar-refractivity contribution >= 4 is 0 Å². The first-order valence-corrected chi connectivity index (χ1v) is 5.91. The van der Waals surface area contributed by atoms with Crippen LogP contribution in [-0.4, -0.2) is 30.1 Å². The number of nitrogens with zero attached hydrogens (tertiary/aromatic N) is 1. The fraction of sp³-hybridized carbons (Fsp3) is 0.667. The lowest BCUT2D eigenvalue weighted by molar-refractivity contribution is 0.289. The average Bonchev–Trinajstić information content (AvgIpc) is 2.74. The van der Waals surface area contributed by atoms with Crippen LogP contribution < -0.4 is 5.32 Å².